The molecule has 2 atom stereocenters. The molecule has 1 saturated heterocycles. The first kappa shape index (κ1) is 16.3. The van der Waals surface area contributed by atoms with Crippen molar-refractivity contribution in [3.8, 4) is 0 Å². The van der Waals surface area contributed by atoms with E-state index < -0.39 is 13.0 Å². The van der Waals surface area contributed by atoms with Crippen LogP contribution in [0, 0.1) is 0 Å². The predicted octanol–water partition coefficient (Wildman–Crippen LogP) is 1.99. The molecule has 2 unspecified atom stereocenters. The molecule has 1 aliphatic heterocycles. The SMILES string of the molecule is CCCCC1NC(CC)N(CCOCC(F)F)C1=O. The number of nitrogens with zero attached hydrogens (tertiary/aromatic N) is 1. The first-order chi connectivity index (χ1) is 9.10. The van der Waals surface area contributed by atoms with Gasteiger partial charge in [0.2, 0.25) is 5.91 Å². The molecule has 0 radical (unpaired) electrons. The molecule has 1 fully saturated rings. The minimum atomic E-state index is -2.45. The average molecular weight is 278 g/mol. The highest BCUT2D eigenvalue weighted by atomic mass is 19.3. The summed E-state index contributed by atoms with van der Waals surface area (Å²) < 4.78 is 28.7. The number of ether oxygens (including phenoxy) is 1. The zero-order valence-corrected chi connectivity index (χ0v) is 11.7. The maximum atomic E-state index is 12.2. The smallest absolute Gasteiger partial charge is 0.261 e. The highest BCUT2D eigenvalue weighted by Crippen LogP contribution is 2.17. The second-order valence-electron chi connectivity index (χ2n) is 4.78. The molecule has 0 saturated carbocycles. The van der Waals surface area contributed by atoms with E-state index in [1.165, 1.54) is 0 Å². The fourth-order valence-electron chi connectivity index (χ4n) is 2.30. The number of rotatable bonds is 9. The van der Waals surface area contributed by atoms with Gasteiger partial charge in [-0.15, -0.1) is 0 Å². The van der Waals surface area contributed by atoms with Crippen LogP contribution in [0.25, 0.3) is 0 Å². The summed E-state index contributed by atoms with van der Waals surface area (Å²) >= 11 is 0. The van der Waals surface area contributed by atoms with Crippen LogP contribution in [0.4, 0.5) is 8.78 Å². The van der Waals surface area contributed by atoms with E-state index in [1.807, 2.05) is 6.92 Å². The molecular weight excluding hydrogens is 254 g/mol. The summed E-state index contributed by atoms with van der Waals surface area (Å²) in [5.41, 5.74) is 0. The zero-order valence-electron chi connectivity index (χ0n) is 11.7. The van der Waals surface area contributed by atoms with E-state index in [0.717, 1.165) is 25.7 Å². The van der Waals surface area contributed by atoms with E-state index in [1.54, 1.807) is 4.90 Å². The quantitative estimate of drug-likeness (QED) is 0.656. The molecule has 0 spiro atoms. The van der Waals surface area contributed by atoms with E-state index in [4.69, 9.17) is 4.74 Å². The molecule has 1 N–H and O–H groups in total. The van der Waals surface area contributed by atoms with Crippen LogP contribution < -0.4 is 5.32 Å². The lowest BCUT2D eigenvalue weighted by molar-refractivity contribution is -0.131. The summed E-state index contributed by atoms with van der Waals surface area (Å²) in [6, 6.07) is -0.125. The van der Waals surface area contributed by atoms with Gasteiger partial charge in [-0.25, -0.2) is 8.78 Å². The second-order valence-corrected chi connectivity index (χ2v) is 4.78. The van der Waals surface area contributed by atoms with Gasteiger partial charge in [0.25, 0.3) is 6.43 Å². The average Bonchev–Trinajstić information content (AvgIpc) is 2.68. The van der Waals surface area contributed by atoms with Crippen LogP contribution in [0.1, 0.15) is 39.5 Å². The van der Waals surface area contributed by atoms with Crippen LogP contribution in [0.5, 0.6) is 0 Å². The van der Waals surface area contributed by atoms with E-state index in [0.29, 0.717) is 6.54 Å². The van der Waals surface area contributed by atoms with Gasteiger partial charge in [-0.1, -0.05) is 26.7 Å². The van der Waals surface area contributed by atoms with Crippen molar-refractivity contribution < 1.29 is 18.3 Å². The summed E-state index contributed by atoms with van der Waals surface area (Å²) in [7, 11) is 0. The molecule has 1 rings (SSSR count). The molecule has 0 aromatic rings. The third-order valence-electron chi connectivity index (χ3n) is 3.30. The topological polar surface area (TPSA) is 41.6 Å². The Hall–Kier alpha value is -0.750. The van der Waals surface area contributed by atoms with Crippen LogP contribution in [0.2, 0.25) is 0 Å². The Labute approximate surface area is 113 Å². The summed E-state index contributed by atoms with van der Waals surface area (Å²) in [5.74, 6) is 0.0703. The van der Waals surface area contributed by atoms with Crippen molar-refractivity contribution in [1.29, 1.82) is 0 Å². The van der Waals surface area contributed by atoms with Gasteiger partial charge in [0.15, 0.2) is 0 Å². The maximum Gasteiger partial charge on any atom is 0.261 e. The predicted molar refractivity (Wildman–Crippen MR) is 69.1 cm³/mol. The summed E-state index contributed by atoms with van der Waals surface area (Å²) in [6.45, 7) is 4.06. The highest BCUT2D eigenvalue weighted by Gasteiger charge is 2.36. The summed E-state index contributed by atoms with van der Waals surface area (Å²) in [6.07, 6.45) is 1.26. The van der Waals surface area contributed by atoms with Gasteiger partial charge in [0.05, 0.1) is 18.8 Å². The van der Waals surface area contributed by atoms with Crippen molar-refractivity contribution in [1.82, 2.24) is 10.2 Å². The van der Waals surface area contributed by atoms with Crippen molar-refractivity contribution in [3.63, 3.8) is 0 Å². The highest BCUT2D eigenvalue weighted by molar-refractivity contribution is 5.84. The van der Waals surface area contributed by atoms with Gasteiger partial charge in [-0.05, 0) is 12.8 Å². The lowest BCUT2D eigenvalue weighted by Crippen LogP contribution is -2.39. The monoisotopic (exact) mass is 278 g/mol. The minimum Gasteiger partial charge on any atom is -0.374 e. The van der Waals surface area contributed by atoms with Crippen LogP contribution >= 0.6 is 0 Å². The molecule has 1 amide bonds. The Kier molecular flexibility index (Phi) is 7.23. The normalized spacial score (nSPS) is 23.6. The molecule has 112 valence electrons. The maximum absolute atomic E-state index is 12.2. The van der Waals surface area contributed by atoms with Crippen LogP contribution in [-0.4, -0.2) is 49.2 Å². The Morgan fingerprint density at radius 1 is 1.42 bits per heavy atom. The van der Waals surface area contributed by atoms with Crippen LogP contribution in [-0.2, 0) is 9.53 Å². The largest absolute Gasteiger partial charge is 0.374 e. The van der Waals surface area contributed by atoms with E-state index >= 15 is 0 Å². The molecule has 0 aliphatic carbocycles. The number of hydrogen-bond donors (Lipinski definition) is 1. The van der Waals surface area contributed by atoms with E-state index in [9.17, 15) is 13.6 Å². The number of unbranched alkanes of at least 4 members (excludes halogenated alkanes) is 1. The molecule has 1 aliphatic rings. The lowest BCUT2D eigenvalue weighted by Gasteiger charge is -2.22. The molecule has 4 nitrogen and oxygen atoms in total. The molecular formula is C13H24F2N2O2. The van der Waals surface area contributed by atoms with Crippen LogP contribution in [0.15, 0.2) is 0 Å². The number of carbonyl (C=O) groups is 1. The summed E-state index contributed by atoms with van der Waals surface area (Å²) in [4.78, 5) is 13.9. The first-order valence-corrected chi connectivity index (χ1v) is 7.02. The van der Waals surface area contributed by atoms with Crippen molar-refractivity contribution in [2.45, 2.75) is 58.2 Å². The number of nitrogens with one attached hydrogen (secondary N) is 1. The van der Waals surface area contributed by atoms with Gasteiger partial charge in [-0.3, -0.25) is 10.1 Å². The lowest BCUT2D eigenvalue weighted by atomic mass is 10.1. The van der Waals surface area contributed by atoms with Crippen molar-refractivity contribution in [2.75, 3.05) is 19.8 Å². The number of hydrogen-bond acceptors (Lipinski definition) is 3. The second kappa shape index (κ2) is 8.43. The fourth-order valence-corrected chi connectivity index (χ4v) is 2.30. The minimum absolute atomic E-state index is 0.00417. The Balaban J connectivity index is 2.39. The van der Waals surface area contributed by atoms with Crippen molar-refractivity contribution in [3.05, 3.63) is 0 Å². The Morgan fingerprint density at radius 2 is 2.16 bits per heavy atom. The van der Waals surface area contributed by atoms with Gasteiger partial charge in [-0.2, -0.15) is 0 Å². The number of alkyl halides is 2. The van der Waals surface area contributed by atoms with Gasteiger partial charge in [0, 0.05) is 6.54 Å². The fraction of sp³-hybridized carbons (Fsp3) is 0.923. The molecule has 1 heterocycles. The molecule has 0 aromatic carbocycles. The van der Waals surface area contributed by atoms with E-state index in [2.05, 4.69) is 12.2 Å². The Morgan fingerprint density at radius 3 is 2.74 bits per heavy atom. The molecule has 0 aromatic heterocycles. The standard InChI is InChI=1S/C13H24F2N2O2/c1-3-5-6-10-13(18)17(12(4-2)16-10)7-8-19-9-11(14)15/h10-12,16H,3-9H2,1-2H3. The third kappa shape index (κ3) is 5.03. The molecule has 19 heavy (non-hydrogen) atoms. The van der Waals surface area contributed by atoms with Gasteiger partial charge >= 0.3 is 0 Å². The van der Waals surface area contributed by atoms with Crippen molar-refractivity contribution >= 4 is 5.91 Å². The number of carbonyl (C=O) groups excluding carboxylic acids is 1. The number of halogens is 2. The Bertz CT molecular complexity index is 277. The van der Waals surface area contributed by atoms with Crippen molar-refractivity contribution in [2.24, 2.45) is 0 Å². The third-order valence-corrected chi connectivity index (χ3v) is 3.30. The summed E-state index contributed by atoms with van der Waals surface area (Å²) in [5, 5.41) is 3.30. The zero-order chi connectivity index (χ0) is 14.3. The van der Waals surface area contributed by atoms with Gasteiger partial charge in [0.1, 0.15) is 6.61 Å². The van der Waals surface area contributed by atoms with Crippen LogP contribution in [0.3, 0.4) is 0 Å². The molecule has 0 bridgehead atoms. The molecule has 6 heteroatoms. The van der Waals surface area contributed by atoms with Gasteiger partial charge < -0.3 is 9.64 Å². The van der Waals surface area contributed by atoms with E-state index in [-0.39, 0.29) is 24.7 Å². The first-order valence-electron chi connectivity index (χ1n) is 7.02. The number of amides is 1.